The summed E-state index contributed by atoms with van der Waals surface area (Å²) in [5.74, 6) is 1.50. The molecule has 4 aliphatic rings. The summed E-state index contributed by atoms with van der Waals surface area (Å²) < 4.78 is 6.91. The van der Waals surface area contributed by atoms with Gasteiger partial charge in [0.05, 0.1) is 60.5 Å². The number of fused-ring (bicyclic) bond motifs is 3. The first-order valence-electron chi connectivity index (χ1n) is 13.3. The highest BCUT2D eigenvalue weighted by Gasteiger charge is 2.44. The Bertz CT molecular complexity index is 1530. The van der Waals surface area contributed by atoms with Crippen LogP contribution in [0.15, 0.2) is 49.2 Å². The predicted molar refractivity (Wildman–Crippen MR) is 145 cm³/mol. The molecule has 0 amide bonds. The molecule has 8 rings (SSSR count). The van der Waals surface area contributed by atoms with Crippen molar-refractivity contribution in [1.82, 2.24) is 29.5 Å². The summed E-state index contributed by atoms with van der Waals surface area (Å²) in [5.41, 5.74) is 4.84. The van der Waals surface area contributed by atoms with Gasteiger partial charge >= 0.3 is 0 Å². The molecule has 4 aromatic heterocycles. The molecule has 3 atom stereocenters. The zero-order chi connectivity index (χ0) is 26.5. The Balaban J connectivity index is 1.10. The van der Waals surface area contributed by atoms with E-state index in [1.165, 1.54) is 12.0 Å². The molecule has 4 fully saturated rings. The first-order chi connectivity index (χ1) is 19.1. The number of methoxy groups -OCH3 is 1. The van der Waals surface area contributed by atoms with Gasteiger partial charge in [-0.15, -0.1) is 0 Å². The molecule has 0 saturated carbocycles. The third-order valence-electron chi connectivity index (χ3n) is 8.20. The van der Waals surface area contributed by atoms with Gasteiger partial charge in [-0.3, -0.25) is 9.88 Å². The van der Waals surface area contributed by atoms with Crippen LogP contribution in [0.4, 0.5) is 11.5 Å². The third kappa shape index (κ3) is 4.22. The standard InChI is InChI=1S/C28H29N9O2/c1-39-27-3-2-18(9-32-27)13-36-21-6-22(36)15-35(14-21)26-12-30-25(11-31-26)24-7-20(34-5-4-23(38)17-34)16-37-28(24)19(8-29)10-33-37/h2-3,7,9-12,16,21-23,38H,4-6,13-15,17H2,1H3/t21?,22?,23-/m1/s1. The van der Waals surface area contributed by atoms with Crippen molar-refractivity contribution in [2.75, 3.05) is 43.1 Å². The molecule has 11 nitrogen and oxygen atoms in total. The minimum absolute atomic E-state index is 0.338. The lowest BCUT2D eigenvalue weighted by Crippen LogP contribution is -2.68. The average Bonchev–Trinajstić information content (AvgIpc) is 3.62. The fourth-order valence-corrected chi connectivity index (χ4v) is 6.13. The second-order valence-electron chi connectivity index (χ2n) is 10.6. The molecule has 0 spiro atoms. The molecule has 39 heavy (non-hydrogen) atoms. The Labute approximate surface area is 225 Å². The Morgan fingerprint density at radius 3 is 2.59 bits per heavy atom. The minimum Gasteiger partial charge on any atom is -0.481 e. The van der Waals surface area contributed by atoms with E-state index in [0.29, 0.717) is 41.3 Å². The molecule has 4 aliphatic heterocycles. The van der Waals surface area contributed by atoms with Crippen LogP contribution in [0.5, 0.6) is 5.88 Å². The molecule has 11 heteroatoms. The number of piperazine rings is 1. The summed E-state index contributed by atoms with van der Waals surface area (Å²) in [5, 5.41) is 24.1. The molecule has 0 aliphatic carbocycles. The van der Waals surface area contributed by atoms with Gasteiger partial charge in [0.2, 0.25) is 5.88 Å². The smallest absolute Gasteiger partial charge is 0.212 e. The van der Waals surface area contributed by atoms with Crippen LogP contribution in [0, 0.1) is 11.3 Å². The Hall–Kier alpha value is -4.27. The van der Waals surface area contributed by atoms with E-state index in [4.69, 9.17) is 14.7 Å². The number of hydrogen-bond acceptors (Lipinski definition) is 10. The number of nitrogens with zero attached hydrogens (tertiary/aromatic N) is 9. The highest BCUT2D eigenvalue weighted by molar-refractivity contribution is 5.85. The fourth-order valence-electron chi connectivity index (χ4n) is 6.13. The molecule has 2 unspecified atom stereocenters. The van der Waals surface area contributed by atoms with Crippen LogP contribution in [0.3, 0.4) is 0 Å². The zero-order valence-electron chi connectivity index (χ0n) is 21.7. The van der Waals surface area contributed by atoms with Crippen molar-refractivity contribution < 1.29 is 9.84 Å². The third-order valence-corrected chi connectivity index (χ3v) is 8.20. The van der Waals surface area contributed by atoms with E-state index in [2.05, 4.69) is 36.9 Å². The average molecular weight is 524 g/mol. The van der Waals surface area contributed by atoms with Gasteiger partial charge < -0.3 is 19.6 Å². The molecule has 198 valence electrons. The van der Waals surface area contributed by atoms with Gasteiger partial charge in [0.1, 0.15) is 11.9 Å². The van der Waals surface area contributed by atoms with Crippen molar-refractivity contribution in [2.24, 2.45) is 0 Å². The summed E-state index contributed by atoms with van der Waals surface area (Å²) >= 11 is 0. The number of aromatic nitrogens is 5. The molecule has 0 aromatic carbocycles. The lowest BCUT2D eigenvalue weighted by atomic mass is 9.87. The Morgan fingerprint density at radius 1 is 1.05 bits per heavy atom. The highest BCUT2D eigenvalue weighted by Crippen LogP contribution is 2.36. The molecule has 2 bridgehead atoms. The SMILES string of the molecule is COc1ccc(CN2C3CC2CN(c2cnc(-c4cc(N5CC[C@@H](O)C5)cn5ncc(C#N)c45)cn2)C3)cn1. The second-order valence-corrected chi connectivity index (χ2v) is 10.6. The van der Waals surface area contributed by atoms with Crippen LogP contribution in [0.2, 0.25) is 0 Å². The first-order valence-corrected chi connectivity index (χ1v) is 13.3. The van der Waals surface area contributed by atoms with Crippen molar-refractivity contribution in [3.63, 3.8) is 0 Å². The van der Waals surface area contributed by atoms with E-state index >= 15 is 0 Å². The van der Waals surface area contributed by atoms with Gasteiger partial charge in [-0.25, -0.2) is 14.5 Å². The maximum atomic E-state index is 10.0. The summed E-state index contributed by atoms with van der Waals surface area (Å²) in [6.07, 6.45) is 10.6. The van der Waals surface area contributed by atoms with Crippen LogP contribution in [0.25, 0.3) is 16.8 Å². The summed E-state index contributed by atoms with van der Waals surface area (Å²) in [7, 11) is 1.63. The van der Waals surface area contributed by atoms with E-state index in [1.807, 2.05) is 30.7 Å². The van der Waals surface area contributed by atoms with Gasteiger partial charge in [-0.2, -0.15) is 10.4 Å². The number of pyridine rings is 2. The minimum atomic E-state index is -0.338. The monoisotopic (exact) mass is 523 g/mol. The zero-order valence-corrected chi connectivity index (χ0v) is 21.7. The lowest BCUT2D eigenvalue weighted by Gasteiger charge is -2.56. The van der Waals surface area contributed by atoms with Crippen LogP contribution in [-0.2, 0) is 6.54 Å². The number of aliphatic hydroxyl groups excluding tert-OH is 1. The fraction of sp³-hybridized carbons (Fsp3) is 0.393. The maximum absolute atomic E-state index is 10.0. The number of piperidine rings is 1. The van der Waals surface area contributed by atoms with Gasteiger partial charge in [0.25, 0.3) is 0 Å². The van der Waals surface area contributed by atoms with E-state index in [9.17, 15) is 10.4 Å². The van der Waals surface area contributed by atoms with E-state index < -0.39 is 0 Å². The number of hydrogen-bond donors (Lipinski definition) is 1. The molecule has 0 radical (unpaired) electrons. The molecule has 8 heterocycles. The maximum Gasteiger partial charge on any atom is 0.212 e. The highest BCUT2D eigenvalue weighted by atomic mass is 16.5. The van der Waals surface area contributed by atoms with E-state index in [1.54, 1.807) is 24.0 Å². The van der Waals surface area contributed by atoms with E-state index in [0.717, 1.165) is 49.7 Å². The van der Waals surface area contributed by atoms with Crippen LogP contribution < -0.4 is 14.5 Å². The van der Waals surface area contributed by atoms with Crippen molar-refractivity contribution in [2.45, 2.75) is 37.6 Å². The van der Waals surface area contributed by atoms with Crippen molar-refractivity contribution in [1.29, 1.82) is 5.26 Å². The molecular weight excluding hydrogens is 494 g/mol. The number of β-amino-alcohol motifs (C(OH)–C–C–N with tert-alkyl or cyclic N) is 1. The predicted octanol–water partition coefficient (Wildman–Crippen LogP) is 2.10. The number of aliphatic hydroxyl groups is 1. The lowest BCUT2D eigenvalue weighted by molar-refractivity contribution is -0.00879. The van der Waals surface area contributed by atoms with Crippen molar-refractivity contribution >= 4 is 17.0 Å². The summed E-state index contributed by atoms with van der Waals surface area (Å²) in [6, 6.07) is 9.22. The molecular formula is C28H29N9O2. The quantitative estimate of drug-likeness (QED) is 0.402. The molecule has 1 N–H and O–H groups in total. The van der Waals surface area contributed by atoms with Crippen LogP contribution in [0.1, 0.15) is 24.0 Å². The largest absolute Gasteiger partial charge is 0.481 e. The Kier molecular flexibility index (Phi) is 5.79. The first kappa shape index (κ1) is 23.8. The van der Waals surface area contributed by atoms with Gasteiger partial charge in [0, 0.05) is 62.6 Å². The summed E-state index contributed by atoms with van der Waals surface area (Å²) in [4.78, 5) is 20.9. The van der Waals surface area contributed by atoms with Crippen LogP contribution in [-0.4, -0.2) is 86.0 Å². The van der Waals surface area contributed by atoms with Gasteiger partial charge in [0.15, 0.2) is 0 Å². The number of ether oxygens (including phenoxy) is 1. The van der Waals surface area contributed by atoms with Crippen molar-refractivity contribution in [3.8, 4) is 23.2 Å². The van der Waals surface area contributed by atoms with Crippen LogP contribution >= 0.6 is 0 Å². The second kappa shape index (κ2) is 9.48. The van der Waals surface area contributed by atoms with Crippen molar-refractivity contribution in [3.05, 3.63) is 60.3 Å². The van der Waals surface area contributed by atoms with E-state index in [-0.39, 0.29) is 6.10 Å². The number of rotatable bonds is 6. The topological polar surface area (TPSA) is 119 Å². The number of nitriles is 1. The Morgan fingerprint density at radius 2 is 1.92 bits per heavy atom. The normalized spacial score (nSPS) is 22.6. The van der Waals surface area contributed by atoms with Gasteiger partial charge in [-0.1, -0.05) is 6.07 Å². The number of anilines is 2. The molecule has 4 aromatic rings. The molecule has 4 saturated heterocycles. The van der Waals surface area contributed by atoms with Gasteiger partial charge in [-0.05, 0) is 24.5 Å². The summed E-state index contributed by atoms with van der Waals surface area (Å²) in [6.45, 7) is 4.05.